The number of Topliss-reactive ketones (excluding diaryl/α,β-unsaturated/α-hetero) is 1. The largest absolute Gasteiger partial charge is 0.454 e. The average molecular weight is 333 g/mol. The van der Waals surface area contributed by atoms with Crippen molar-refractivity contribution in [2.75, 3.05) is 6.61 Å². The second-order valence-electron chi connectivity index (χ2n) is 6.13. The molecule has 3 rings (SSSR count). The highest BCUT2D eigenvalue weighted by Gasteiger charge is 2.16. The highest BCUT2D eigenvalue weighted by molar-refractivity contribution is 6.05. The van der Waals surface area contributed by atoms with Crippen LogP contribution in [0.3, 0.4) is 0 Å². The van der Waals surface area contributed by atoms with Crippen LogP contribution in [0, 0.1) is 20.8 Å². The summed E-state index contributed by atoms with van der Waals surface area (Å²) in [4.78, 5) is 29.2. The van der Waals surface area contributed by atoms with Gasteiger partial charge in [0.05, 0.1) is 11.1 Å². The van der Waals surface area contributed by atoms with Crippen LogP contribution in [0.2, 0.25) is 0 Å². The molecule has 3 aromatic rings. The van der Waals surface area contributed by atoms with Crippen LogP contribution in [0.15, 0.2) is 48.5 Å². The van der Waals surface area contributed by atoms with Crippen LogP contribution in [0.1, 0.15) is 37.5 Å². The number of aromatic nitrogens is 1. The number of aryl methyl sites for hydroxylation is 3. The van der Waals surface area contributed by atoms with Gasteiger partial charge in [0.15, 0.2) is 12.4 Å². The van der Waals surface area contributed by atoms with Gasteiger partial charge in [0.25, 0.3) is 0 Å². The average Bonchev–Trinajstić information content (AvgIpc) is 2.60. The van der Waals surface area contributed by atoms with E-state index in [9.17, 15) is 9.59 Å². The summed E-state index contributed by atoms with van der Waals surface area (Å²) in [5, 5.41) is 0.719. The monoisotopic (exact) mass is 333 g/mol. The second kappa shape index (κ2) is 6.85. The van der Waals surface area contributed by atoms with Gasteiger partial charge in [0.1, 0.15) is 0 Å². The minimum absolute atomic E-state index is 0.216. The lowest BCUT2D eigenvalue weighted by atomic mass is 10.0. The zero-order chi connectivity index (χ0) is 18.0. The van der Waals surface area contributed by atoms with Crippen LogP contribution < -0.4 is 0 Å². The van der Waals surface area contributed by atoms with E-state index >= 15 is 0 Å². The van der Waals surface area contributed by atoms with E-state index in [1.807, 2.05) is 57.2 Å². The second-order valence-corrected chi connectivity index (χ2v) is 6.13. The lowest BCUT2D eigenvalue weighted by Gasteiger charge is -2.09. The fourth-order valence-electron chi connectivity index (χ4n) is 2.68. The van der Waals surface area contributed by atoms with Crippen LogP contribution in [0.25, 0.3) is 10.9 Å². The van der Waals surface area contributed by atoms with Crippen molar-refractivity contribution in [3.63, 3.8) is 0 Å². The van der Waals surface area contributed by atoms with Gasteiger partial charge in [-0.05, 0) is 50.1 Å². The molecule has 0 fully saturated rings. The molecular weight excluding hydrogens is 314 g/mol. The van der Waals surface area contributed by atoms with Crippen molar-refractivity contribution in [1.29, 1.82) is 0 Å². The van der Waals surface area contributed by atoms with Crippen LogP contribution in [0.5, 0.6) is 0 Å². The summed E-state index contributed by atoms with van der Waals surface area (Å²) < 4.78 is 5.26. The van der Waals surface area contributed by atoms with Crippen molar-refractivity contribution in [2.45, 2.75) is 20.8 Å². The maximum absolute atomic E-state index is 12.5. The Balaban J connectivity index is 1.79. The maximum atomic E-state index is 12.5. The van der Waals surface area contributed by atoms with Crippen molar-refractivity contribution in [3.05, 3.63) is 76.5 Å². The first-order chi connectivity index (χ1) is 12.0. The van der Waals surface area contributed by atoms with Crippen molar-refractivity contribution < 1.29 is 14.3 Å². The van der Waals surface area contributed by atoms with Crippen LogP contribution in [-0.2, 0) is 4.74 Å². The first-order valence-electron chi connectivity index (χ1n) is 8.09. The van der Waals surface area contributed by atoms with Crippen molar-refractivity contribution in [2.24, 2.45) is 0 Å². The van der Waals surface area contributed by atoms with Gasteiger partial charge in [-0.1, -0.05) is 30.3 Å². The summed E-state index contributed by atoms with van der Waals surface area (Å²) >= 11 is 0. The van der Waals surface area contributed by atoms with E-state index in [2.05, 4.69) is 4.98 Å². The number of ketones is 1. The standard InChI is InChI=1S/C21H19NO3/c1-13-8-9-16(10-14(13)2)20(23)12-25-21(24)18-11-15(3)22-19-7-5-4-6-17(18)19/h4-11H,12H2,1-3H3. The first-order valence-corrected chi connectivity index (χ1v) is 8.09. The Morgan fingerprint density at radius 3 is 2.48 bits per heavy atom. The molecule has 0 aliphatic rings. The number of esters is 1. The van der Waals surface area contributed by atoms with Gasteiger partial charge in [-0.25, -0.2) is 4.79 Å². The van der Waals surface area contributed by atoms with Crippen molar-refractivity contribution >= 4 is 22.7 Å². The summed E-state index contributed by atoms with van der Waals surface area (Å²) in [6.07, 6.45) is 0. The summed E-state index contributed by atoms with van der Waals surface area (Å²) in [7, 11) is 0. The minimum Gasteiger partial charge on any atom is -0.454 e. The predicted molar refractivity (Wildman–Crippen MR) is 97.0 cm³/mol. The normalized spacial score (nSPS) is 10.7. The van der Waals surface area contributed by atoms with E-state index in [0.29, 0.717) is 11.1 Å². The molecule has 0 atom stereocenters. The molecule has 1 aromatic heterocycles. The zero-order valence-electron chi connectivity index (χ0n) is 14.5. The molecule has 0 saturated carbocycles. The van der Waals surface area contributed by atoms with Gasteiger partial charge in [0, 0.05) is 16.6 Å². The molecule has 0 radical (unpaired) electrons. The molecule has 0 N–H and O–H groups in total. The third-order valence-corrected chi connectivity index (χ3v) is 4.23. The molecule has 25 heavy (non-hydrogen) atoms. The van der Waals surface area contributed by atoms with Gasteiger partial charge in [0.2, 0.25) is 0 Å². The molecule has 1 heterocycles. The van der Waals surface area contributed by atoms with Gasteiger partial charge < -0.3 is 4.74 Å². The predicted octanol–water partition coefficient (Wildman–Crippen LogP) is 4.20. The number of hydrogen-bond donors (Lipinski definition) is 0. The van der Waals surface area contributed by atoms with Crippen LogP contribution >= 0.6 is 0 Å². The molecule has 0 bridgehead atoms. The van der Waals surface area contributed by atoms with Crippen LogP contribution in [0.4, 0.5) is 0 Å². The lowest BCUT2D eigenvalue weighted by molar-refractivity contribution is 0.0476. The highest BCUT2D eigenvalue weighted by atomic mass is 16.5. The number of fused-ring (bicyclic) bond motifs is 1. The molecule has 2 aromatic carbocycles. The Kier molecular flexibility index (Phi) is 4.61. The Morgan fingerprint density at radius 1 is 0.960 bits per heavy atom. The number of carbonyl (C=O) groups is 2. The Morgan fingerprint density at radius 2 is 1.72 bits per heavy atom. The number of carbonyl (C=O) groups excluding carboxylic acids is 2. The minimum atomic E-state index is -0.515. The quantitative estimate of drug-likeness (QED) is 0.530. The van der Waals surface area contributed by atoms with Crippen molar-refractivity contribution in [1.82, 2.24) is 4.98 Å². The molecule has 4 heteroatoms. The van der Waals surface area contributed by atoms with Gasteiger partial charge in [-0.3, -0.25) is 9.78 Å². The van der Waals surface area contributed by atoms with E-state index in [-0.39, 0.29) is 12.4 Å². The number of para-hydroxylation sites is 1. The molecule has 4 nitrogen and oxygen atoms in total. The summed E-state index contributed by atoms with van der Waals surface area (Å²) in [5.74, 6) is -0.731. The highest BCUT2D eigenvalue weighted by Crippen LogP contribution is 2.19. The fraction of sp³-hybridized carbons (Fsp3) is 0.190. The molecule has 0 unspecified atom stereocenters. The molecule has 126 valence electrons. The van der Waals surface area contributed by atoms with E-state index in [0.717, 1.165) is 27.7 Å². The fourth-order valence-corrected chi connectivity index (χ4v) is 2.68. The third-order valence-electron chi connectivity index (χ3n) is 4.23. The van der Waals surface area contributed by atoms with E-state index in [1.54, 1.807) is 12.1 Å². The molecular formula is C21H19NO3. The smallest absolute Gasteiger partial charge is 0.339 e. The number of ether oxygens (including phenoxy) is 1. The first kappa shape index (κ1) is 16.8. The number of benzene rings is 2. The maximum Gasteiger partial charge on any atom is 0.339 e. The van der Waals surface area contributed by atoms with E-state index in [4.69, 9.17) is 4.74 Å². The summed E-state index contributed by atoms with van der Waals surface area (Å²) in [6, 6.07) is 14.5. The van der Waals surface area contributed by atoms with E-state index in [1.165, 1.54) is 0 Å². The summed E-state index contributed by atoms with van der Waals surface area (Å²) in [5.41, 5.74) is 4.59. The van der Waals surface area contributed by atoms with Crippen LogP contribution in [-0.4, -0.2) is 23.3 Å². The number of nitrogens with zero attached hydrogens (tertiary/aromatic N) is 1. The van der Waals surface area contributed by atoms with E-state index < -0.39 is 5.97 Å². The molecule has 0 saturated heterocycles. The van der Waals surface area contributed by atoms with Gasteiger partial charge >= 0.3 is 5.97 Å². The Bertz CT molecular complexity index is 976. The van der Waals surface area contributed by atoms with Crippen molar-refractivity contribution in [3.8, 4) is 0 Å². The number of hydrogen-bond acceptors (Lipinski definition) is 4. The Hall–Kier alpha value is -3.01. The zero-order valence-corrected chi connectivity index (χ0v) is 14.5. The van der Waals surface area contributed by atoms with Gasteiger partial charge in [-0.2, -0.15) is 0 Å². The molecule has 0 amide bonds. The molecule has 0 aliphatic heterocycles. The SMILES string of the molecule is Cc1cc(C(=O)OCC(=O)c2ccc(C)c(C)c2)c2ccccc2n1. The third kappa shape index (κ3) is 3.58. The topological polar surface area (TPSA) is 56.3 Å². The lowest BCUT2D eigenvalue weighted by Crippen LogP contribution is -2.15. The molecule has 0 aliphatic carbocycles. The number of rotatable bonds is 4. The number of pyridine rings is 1. The van der Waals surface area contributed by atoms with Gasteiger partial charge in [-0.15, -0.1) is 0 Å². The summed E-state index contributed by atoms with van der Waals surface area (Å²) in [6.45, 7) is 5.48. The molecule has 0 spiro atoms. The Labute approximate surface area is 146 Å².